The summed E-state index contributed by atoms with van der Waals surface area (Å²) < 4.78 is 0. The third-order valence-corrected chi connectivity index (χ3v) is 5.21. The van der Waals surface area contributed by atoms with Crippen LogP contribution in [-0.4, -0.2) is 38.2 Å². The largest absolute Gasteiger partial charge is 0.481 e. The lowest BCUT2D eigenvalue weighted by molar-refractivity contribution is -0.139. The van der Waals surface area contributed by atoms with E-state index in [4.69, 9.17) is 5.11 Å². The second-order valence-electron chi connectivity index (χ2n) is 5.58. The van der Waals surface area contributed by atoms with Crippen LogP contribution in [0.15, 0.2) is 6.33 Å². The van der Waals surface area contributed by atoms with E-state index in [1.807, 2.05) is 0 Å². The smallest absolute Gasteiger partial charge is 0.326 e. The molecular formula is C15H17N3O4S. The minimum atomic E-state index is -1.08. The second-order valence-corrected chi connectivity index (χ2v) is 6.66. The van der Waals surface area contributed by atoms with Crippen LogP contribution in [0.4, 0.5) is 5.82 Å². The van der Waals surface area contributed by atoms with Crippen LogP contribution in [0.3, 0.4) is 0 Å². The van der Waals surface area contributed by atoms with E-state index in [-0.39, 0.29) is 12.8 Å². The van der Waals surface area contributed by atoms with Gasteiger partial charge in [0.2, 0.25) is 0 Å². The Kier molecular flexibility index (Phi) is 4.42. The van der Waals surface area contributed by atoms with E-state index in [0.717, 1.165) is 35.9 Å². The molecule has 0 amide bonds. The van der Waals surface area contributed by atoms with Crippen molar-refractivity contribution in [1.29, 1.82) is 0 Å². The average Bonchev–Trinajstić information content (AvgIpc) is 2.90. The summed E-state index contributed by atoms with van der Waals surface area (Å²) in [5.74, 6) is -1.60. The van der Waals surface area contributed by atoms with E-state index in [1.54, 1.807) is 11.3 Å². The van der Waals surface area contributed by atoms with Crippen molar-refractivity contribution in [3.05, 3.63) is 16.8 Å². The SMILES string of the molecule is O=C(O)CCC(Nc1ncnc2sc3c(c12)CCCC3)C(=O)O. The Bertz CT molecular complexity index is 759. The number of aryl methyl sites for hydroxylation is 2. The van der Waals surface area contributed by atoms with Crippen LogP contribution in [-0.2, 0) is 22.4 Å². The van der Waals surface area contributed by atoms with Gasteiger partial charge >= 0.3 is 11.9 Å². The third kappa shape index (κ3) is 3.26. The summed E-state index contributed by atoms with van der Waals surface area (Å²) >= 11 is 1.63. The van der Waals surface area contributed by atoms with Crippen molar-refractivity contribution in [2.75, 3.05) is 5.32 Å². The highest BCUT2D eigenvalue weighted by atomic mass is 32.1. The molecule has 1 aliphatic rings. The van der Waals surface area contributed by atoms with Gasteiger partial charge in [-0.2, -0.15) is 0 Å². The Morgan fingerprint density at radius 1 is 1.26 bits per heavy atom. The number of nitrogens with zero attached hydrogens (tertiary/aromatic N) is 2. The van der Waals surface area contributed by atoms with Crippen LogP contribution in [0.5, 0.6) is 0 Å². The number of carboxylic acids is 2. The van der Waals surface area contributed by atoms with Crippen LogP contribution in [0.25, 0.3) is 10.2 Å². The van der Waals surface area contributed by atoms with Crippen LogP contribution >= 0.6 is 11.3 Å². The Hall–Kier alpha value is -2.22. The molecule has 23 heavy (non-hydrogen) atoms. The summed E-state index contributed by atoms with van der Waals surface area (Å²) in [5.41, 5.74) is 1.21. The van der Waals surface area contributed by atoms with Crippen LogP contribution < -0.4 is 5.32 Å². The van der Waals surface area contributed by atoms with Crippen molar-refractivity contribution < 1.29 is 19.8 Å². The number of fused-ring (bicyclic) bond motifs is 3. The molecule has 0 saturated heterocycles. The number of aliphatic carboxylic acids is 2. The lowest BCUT2D eigenvalue weighted by Gasteiger charge is -2.16. The topological polar surface area (TPSA) is 112 Å². The summed E-state index contributed by atoms with van der Waals surface area (Å²) in [6, 6.07) is -0.983. The first-order chi connectivity index (χ1) is 11.1. The number of thiophene rings is 1. The average molecular weight is 335 g/mol. The number of anilines is 1. The number of hydrogen-bond acceptors (Lipinski definition) is 6. The monoisotopic (exact) mass is 335 g/mol. The highest BCUT2D eigenvalue weighted by molar-refractivity contribution is 7.19. The first-order valence-corrected chi connectivity index (χ1v) is 8.34. The van der Waals surface area contributed by atoms with E-state index >= 15 is 0 Å². The van der Waals surface area contributed by atoms with Gasteiger partial charge in [-0.25, -0.2) is 14.8 Å². The highest BCUT2D eigenvalue weighted by Crippen LogP contribution is 2.38. The third-order valence-electron chi connectivity index (χ3n) is 4.01. The number of carbonyl (C=O) groups is 2. The van der Waals surface area contributed by atoms with Gasteiger partial charge in [-0.3, -0.25) is 4.79 Å². The zero-order chi connectivity index (χ0) is 16.4. The molecule has 3 rings (SSSR count). The van der Waals surface area contributed by atoms with E-state index in [9.17, 15) is 14.7 Å². The molecule has 0 radical (unpaired) electrons. The molecule has 0 fully saturated rings. The van der Waals surface area contributed by atoms with Crippen molar-refractivity contribution in [2.24, 2.45) is 0 Å². The molecule has 0 spiro atoms. The molecule has 122 valence electrons. The number of hydrogen-bond donors (Lipinski definition) is 3. The van der Waals surface area contributed by atoms with Crippen LogP contribution in [0.1, 0.15) is 36.1 Å². The molecule has 3 N–H and O–H groups in total. The Labute approximate surface area is 136 Å². The molecular weight excluding hydrogens is 318 g/mol. The highest BCUT2D eigenvalue weighted by Gasteiger charge is 2.24. The standard InChI is InChI=1S/C15H17N3O4S/c19-11(20)6-5-9(15(21)22)18-13-12-8-3-1-2-4-10(8)23-14(12)17-7-16-13/h7,9H,1-6H2,(H,19,20)(H,21,22)(H,16,17,18). The molecule has 2 aromatic rings. The fourth-order valence-electron chi connectivity index (χ4n) is 2.89. The molecule has 0 aromatic carbocycles. The van der Waals surface area contributed by atoms with E-state index in [0.29, 0.717) is 5.82 Å². The van der Waals surface area contributed by atoms with Gasteiger partial charge in [0.15, 0.2) is 0 Å². The summed E-state index contributed by atoms with van der Waals surface area (Å²) in [5, 5.41) is 21.9. The quantitative estimate of drug-likeness (QED) is 0.742. The van der Waals surface area contributed by atoms with Gasteiger partial charge in [-0.1, -0.05) is 0 Å². The first kappa shape index (κ1) is 15.7. The summed E-state index contributed by atoms with van der Waals surface area (Å²) in [4.78, 5) is 32.7. The van der Waals surface area contributed by atoms with Crippen molar-refractivity contribution in [3.8, 4) is 0 Å². The molecule has 0 aliphatic heterocycles. The fourth-order valence-corrected chi connectivity index (χ4v) is 4.12. The predicted octanol–water partition coefficient (Wildman–Crippen LogP) is 2.30. The fraction of sp³-hybridized carbons (Fsp3) is 0.467. The normalized spacial score (nSPS) is 15.1. The lowest BCUT2D eigenvalue weighted by Crippen LogP contribution is -2.30. The predicted molar refractivity (Wildman–Crippen MR) is 86.0 cm³/mol. The maximum atomic E-state index is 11.4. The molecule has 1 atom stereocenters. The second kappa shape index (κ2) is 6.49. The van der Waals surface area contributed by atoms with E-state index < -0.39 is 18.0 Å². The Morgan fingerprint density at radius 3 is 2.78 bits per heavy atom. The van der Waals surface area contributed by atoms with Crippen molar-refractivity contribution in [3.63, 3.8) is 0 Å². The number of carboxylic acid groups (broad SMARTS) is 2. The Balaban J connectivity index is 1.93. The van der Waals surface area contributed by atoms with Crippen molar-refractivity contribution in [2.45, 2.75) is 44.6 Å². The van der Waals surface area contributed by atoms with Gasteiger partial charge < -0.3 is 15.5 Å². The Morgan fingerprint density at radius 2 is 2.04 bits per heavy atom. The molecule has 0 bridgehead atoms. The maximum absolute atomic E-state index is 11.4. The zero-order valence-electron chi connectivity index (χ0n) is 12.4. The number of aromatic nitrogens is 2. The summed E-state index contributed by atoms with van der Waals surface area (Å²) in [6.45, 7) is 0. The van der Waals surface area contributed by atoms with E-state index in [2.05, 4.69) is 15.3 Å². The molecule has 8 heteroatoms. The zero-order valence-corrected chi connectivity index (χ0v) is 13.2. The van der Waals surface area contributed by atoms with Crippen LogP contribution in [0.2, 0.25) is 0 Å². The van der Waals surface area contributed by atoms with Crippen LogP contribution in [0, 0.1) is 0 Å². The molecule has 1 unspecified atom stereocenters. The van der Waals surface area contributed by atoms with Gasteiger partial charge in [0.1, 0.15) is 23.0 Å². The van der Waals surface area contributed by atoms with Gasteiger partial charge in [0.05, 0.1) is 5.39 Å². The number of nitrogens with one attached hydrogen (secondary N) is 1. The minimum absolute atomic E-state index is 0.00247. The van der Waals surface area contributed by atoms with Gasteiger partial charge in [0, 0.05) is 11.3 Å². The van der Waals surface area contributed by atoms with Crippen molar-refractivity contribution in [1.82, 2.24) is 9.97 Å². The molecule has 1 aliphatic carbocycles. The summed E-state index contributed by atoms with van der Waals surface area (Å²) in [7, 11) is 0. The minimum Gasteiger partial charge on any atom is -0.481 e. The van der Waals surface area contributed by atoms with E-state index in [1.165, 1.54) is 16.8 Å². The maximum Gasteiger partial charge on any atom is 0.326 e. The molecule has 7 nitrogen and oxygen atoms in total. The van der Waals surface area contributed by atoms with Crippen molar-refractivity contribution >= 4 is 39.3 Å². The lowest BCUT2D eigenvalue weighted by atomic mass is 9.97. The first-order valence-electron chi connectivity index (χ1n) is 7.52. The van der Waals surface area contributed by atoms with Gasteiger partial charge in [0.25, 0.3) is 0 Å². The van der Waals surface area contributed by atoms with Gasteiger partial charge in [-0.15, -0.1) is 11.3 Å². The molecule has 2 aromatic heterocycles. The van der Waals surface area contributed by atoms with Gasteiger partial charge in [-0.05, 0) is 37.7 Å². The molecule has 2 heterocycles. The molecule has 0 saturated carbocycles. The number of rotatable bonds is 6. The summed E-state index contributed by atoms with van der Waals surface area (Å²) in [6.07, 6.45) is 5.45.